The van der Waals surface area contributed by atoms with Crippen molar-refractivity contribution < 1.29 is 4.74 Å². The fraction of sp³-hybridized carbons (Fsp3) is 0.750. The van der Waals surface area contributed by atoms with E-state index in [2.05, 4.69) is 21.8 Å². The average molecular weight is 240 g/mol. The predicted octanol–water partition coefficient (Wildman–Crippen LogP) is 0.188. The van der Waals surface area contributed by atoms with Crippen molar-refractivity contribution in [2.75, 3.05) is 39.9 Å². The van der Waals surface area contributed by atoms with E-state index >= 15 is 0 Å². The molecule has 3 N–H and O–H groups in total. The molecule has 0 aromatic rings. The summed E-state index contributed by atoms with van der Waals surface area (Å²) in [5, 5.41) is 2.98. The van der Waals surface area contributed by atoms with Gasteiger partial charge in [0.2, 0.25) is 0 Å². The molecular weight excluding hydrogens is 216 g/mol. The molecule has 1 aliphatic rings. The van der Waals surface area contributed by atoms with Crippen molar-refractivity contribution in [2.24, 2.45) is 10.7 Å². The number of rotatable bonds is 7. The second-order valence-electron chi connectivity index (χ2n) is 4.22. The molecule has 0 aromatic carbocycles. The van der Waals surface area contributed by atoms with E-state index in [4.69, 9.17) is 10.5 Å². The molecule has 1 aliphatic heterocycles. The first-order valence-corrected chi connectivity index (χ1v) is 6.15. The minimum Gasteiger partial charge on any atom is -0.383 e. The number of guanidine groups is 1. The van der Waals surface area contributed by atoms with Crippen LogP contribution in [0.2, 0.25) is 0 Å². The zero-order chi connectivity index (χ0) is 12.5. The molecule has 0 bridgehead atoms. The van der Waals surface area contributed by atoms with Gasteiger partial charge in [-0.05, 0) is 19.4 Å². The Labute approximate surface area is 104 Å². The summed E-state index contributed by atoms with van der Waals surface area (Å²) in [6.07, 6.45) is 4.20. The lowest BCUT2D eigenvalue weighted by molar-refractivity contribution is 0.143. The minimum atomic E-state index is 0.503. The van der Waals surface area contributed by atoms with E-state index in [1.165, 1.54) is 12.8 Å². The van der Waals surface area contributed by atoms with Crippen LogP contribution in [0.3, 0.4) is 0 Å². The van der Waals surface area contributed by atoms with Gasteiger partial charge in [0.05, 0.1) is 13.2 Å². The first-order chi connectivity index (χ1) is 8.27. The van der Waals surface area contributed by atoms with Crippen LogP contribution in [-0.2, 0) is 4.74 Å². The summed E-state index contributed by atoms with van der Waals surface area (Å²) < 4.78 is 5.11. The summed E-state index contributed by atoms with van der Waals surface area (Å²) in [4.78, 5) is 6.78. The van der Waals surface area contributed by atoms with Gasteiger partial charge in [-0.25, -0.2) is 0 Å². The third-order valence-corrected chi connectivity index (χ3v) is 2.98. The molecule has 17 heavy (non-hydrogen) atoms. The number of likely N-dealkylation sites (tertiary alicyclic amines) is 1. The van der Waals surface area contributed by atoms with Crippen LogP contribution in [0.5, 0.6) is 0 Å². The monoisotopic (exact) mass is 240 g/mol. The molecule has 1 fully saturated rings. The number of hydrogen-bond acceptors (Lipinski definition) is 3. The first kappa shape index (κ1) is 14.0. The van der Waals surface area contributed by atoms with E-state index in [9.17, 15) is 0 Å². The predicted molar refractivity (Wildman–Crippen MR) is 71.2 cm³/mol. The van der Waals surface area contributed by atoms with Crippen LogP contribution < -0.4 is 11.1 Å². The molecule has 1 atom stereocenters. The van der Waals surface area contributed by atoms with E-state index in [1.807, 2.05) is 0 Å². The van der Waals surface area contributed by atoms with E-state index in [1.54, 1.807) is 13.2 Å². The molecule has 0 aliphatic carbocycles. The van der Waals surface area contributed by atoms with Crippen molar-refractivity contribution in [2.45, 2.75) is 18.9 Å². The Balaban J connectivity index is 2.31. The second-order valence-corrected chi connectivity index (χ2v) is 4.22. The zero-order valence-electron chi connectivity index (χ0n) is 10.7. The summed E-state index contributed by atoms with van der Waals surface area (Å²) in [6.45, 7) is 7.95. The fourth-order valence-electron chi connectivity index (χ4n) is 2.04. The number of nitrogens with one attached hydrogen (secondary N) is 1. The number of hydrogen-bond donors (Lipinski definition) is 2. The van der Waals surface area contributed by atoms with Crippen LogP contribution in [0.4, 0.5) is 0 Å². The first-order valence-electron chi connectivity index (χ1n) is 6.15. The van der Waals surface area contributed by atoms with Crippen LogP contribution >= 0.6 is 0 Å². The number of nitrogens with zero attached hydrogens (tertiary/aromatic N) is 2. The van der Waals surface area contributed by atoms with Crippen LogP contribution in [0.15, 0.2) is 17.6 Å². The van der Waals surface area contributed by atoms with Gasteiger partial charge in [-0.2, -0.15) is 0 Å². The summed E-state index contributed by atoms with van der Waals surface area (Å²) in [5.41, 5.74) is 5.73. The van der Waals surface area contributed by atoms with E-state index in [-0.39, 0.29) is 0 Å². The van der Waals surface area contributed by atoms with Gasteiger partial charge in [0.15, 0.2) is 5.96 Å². The molecule has 0 spiro atoms. The smallest absolute Gasteiger partial charge is 0.188 e. The van der Waals surface area contributed by atoms with Gasteiger partial charge in [-0.3, -0.25) is 9.89 Å². The Bertz CT molecular complexity index is 255. The number of aliphatic imine (C=N–C) groups is 1. The Morgan fingerprint density at radius 1 is 1.71 bits per heavy atom. The highest BCUT2D eigenvalue weighted by molar-refractivity contribution is 5.77. The molecule has 98 valence electrons. The van der Waals surface area contributed by atoms with Gasteiger partial charge >= 0.3 is 0 Å². The molecule has 5 heteroatoms. The lowest BCUT2D eigenvalue weighted by Crippen LogP contribution is -2.37. The fourth-order valence-corrected chi connectivity index (χ4v) is 2.04. The van der Waals surface area contributed by atoms with Gasteiger partial charge in [0.1, 0.15) is 0 Å². The molecule has 1 heterocycles. The van der Waals surface area contributed by atoms with Crippen molar-refractivity contribution in [3.8, 4) is 0 Å². The van der Waals surface area contributed by atoms with Gasteiger partial charge in [-0.15, -0.1) is 6.58 Å². The molecule has 5 nitrogen and oxygen atoms in total. The van der Waals surface area contributed by atoms with Crippen molar-refractivity contribution >= 4 is 5.96 Å². The normalized spacial score (nSPS) is 21.7. The van der Waals surface area contributed by atoms with Crippen LogP contribution in [-0.4, -0.2) is 56.8 Å². The van der Waals surface area contributed by atoms with Crippen LogP contribution in [0.1, 0.15) is 12.8 Å². The van der Waals surface area contributed by atoms with E-state index in [0.29, 0.717) is 18.5 Å². The average Bonchev–Trinajstić information content (AvgIpc) is 2.78. The highest BCUT2D eigenvalue weighted by atomic mass is 16.5. The molecule has 1 saturated heterocycles. The third-order valence-electron chi connectivity index (χ3n) is 2.98. The van der Waals surface area contributed by atoms with Gasteiger partial charge in [0, 0.05) is 26.2 Å². The Hall–Kier alpha value is -1.07. The Kier molecular flexibility index (Phi) is 6.65. The number of methoxy groups -OCH3 is 1. The van der Waals surface area contributed by atoms with Crippen LogP contribution in [0.25, 0.3) is 0 Å². The lowest BCUT2D eigenvalue weighted by Gasteiger charge is -2.22. The molecule has 1 rings (SSSR count). The van der Waals surface area contributed by atoms with E-state index < -0.39 is 0 Å². The van der Waals surface area contributed by atoms with Crippen molar-refractivity contribution in [3.05, 3.63) is 12.7 Å². The highest BCUT2D eigenvalue weighted by Crippen LogP contribution is 2.16. The highest BCUT2D eigenvalue weighted by Gasteiger charge is 2.23. The van der Waals surface area contributed by atoms with Gasteiger partial charge < -0.3 is 15.8 Å². The lowest BCUT2D eigenvalue weighted by atomic mass is 10.2. The molecule has 0 amide bonds. The zero-order valence-corrected chi connectivity index (χ0v) is 10.7. The topological polar surface area (TPSA) is 62.9 Å². The maximum atomic E-state index is 5.73. The van der Waals surface area contributed by atoms with Crippen molar-refractivity contribution in [1.29, 1.82) is 0 Å². The van der Waals surface area contributed by atoms with Crippen LogP contribution in [0, 0.1) is 0 Å². The van der Waals surface area contributed by atoms with Gasteiger partial charge in [0.25, 0.3) is 0 Å². The maximum absolute atomic E-state index is 5.73. The summed E-state index contributed by atoms with van der Waals surface area (Å²) in [5.74, 6) is 0.503. The van der Waals surface area contributed by atoms with Gasteiger partial charge in [-0.1, -0.05) is 6.08 Å². The maximum Gasteiger partial charge on any atom is 0.188 e. The third kappa shape index (κ3) is 5.19. The SMILES string of the molecule is C=CCNC(N)=NCC1CCCN1CCOC. The number of ether oxygens (including phenoxy) is 1. The standard InChI is InChI=1S/C12H24N4O/c1-3-6-14-12(13)15-10-11-5-4-7-16(11)8-9-17-2/h3,11H,1,4-10H2,2H3,(H3,13,14,15). The molecular formula is C12H24N4O. The molecule has 0 aromatic heterocycles. The summed E-state index contributed by atoms with van der Waals surface area (Å²) in [7, 11) is 1.74. The number of nitrogens with two attached hydrogens (primary N) is 1. The summed E-state index contributed by atoms with van der Waals surface area (Å²) >= 11 is 0. The largest absolute Gasteiger partial charge is 0.383 e. The molecule has 1 unspecified atom stereocenters. The van der Waals surface area contributed by atoms with E-state index in [0.717, 1.165) is 26.2 Å². The Morgan fingerprint density at radius 3 is 3.24 bits per heavy atom. The molecule has 0 radical (unpaired) electrons. The van der Waals surface area contributed by atoms with Crippen molar-refractivity contribution in [3.63, 3.8) is 0 Å². The summed E-state index contributed by atoms with van der Waals surface area (Å²) in [6, 6.07) is 0.509. The van der Waals surface area contributed by atoms with Crippen molar-refractivity contribution in [1.82, 2.24) is 10.2 Å². The quantitative estimate of drug-likeness (QED) is 0.379. The second kappa shape index (κ2) is 8.08. The Morgan fingerprint density at radius 2 is 2.53 bits per heavy atom. The molecule has 0 saturated carbocycles. The minimum absolute atomic E-state index is 0.503.